The van der Waals surface area contributed by atoms with Crippen LogP contribution in [0, 0.1) is 0 Å². The Labute approximate surface area is 114 Å². The van der Waals surface area contributed by atoms with Gasteiger partial charge < -0.3 is 0 Å². The summed E-state index contributed by atoms with van der Waals surface area (Å²) in [7, 11) is 0. The minimum Gasteiger partial charge on any atom is -0.151 e. The zero-order valence-corrected chi connectivity index (χ0v) is 13.4. The molecule has 0 aliphatic rings. The molecule has 1 aromatic heterocycles. The van der Waals surface area contributed by atoms with Crippen LogP contribution in [0.4, 0.5) is 0 Å². The molecule has 0 N–H and O–H groups in total. The average molecular weight is 297 g/mol. The normalized spacial score (nSPS) is 15.2. The molecule has 0 aromatic carbocycles. The van der Waals surface area contributed by atoms with Gasteiger partial charge in [0, 0.05) is 20.6 Å². The van der Waals surface area contributed by atoms with Crippen molar-refractivity contribution < 1.29 is 0 Å². The quantitative estimate of drug-likeness (QED) is 0.512. The van der Waals surface area contributed by atoms with Gasteiger partial charge in [-0.2, -0.15) is 34.9 Å². The molecule has 5 heteroatoms. The van der Waals surface area contributed by atoms with E-state index in [0.29, 0.717) is 9.16 Å². The van der Waals surface area contributed by atoms with Gasteiger partial charge in [-0.3, -0.25) is 0 Å². The van der Waals surface area contributed by atoms with Crippen molar-refractivity contribution in [1.29, 1.82) is 0 Å². The molecule has 2 unspecified atom stereocenters. The van der Waals surface area contributed by atoms with Crippen molar-refractivity contribution in [3.8, 4) is 0 Å². The molecule has 0 spiro atoms. The fraction of sp³-hybridized carbons (Fsp3) is 0.600. The maximum absolute atomic E-state index is 2.27. The maximum Gasteiger partial charge on any atom is 0.0519 e. The van der Waals surface area contributed by atoms with E-state index in [1.807, 2.05) is 58.4 Å². The third-order valence-corrected chi connectivity index (χ3v) is 7.92. The molecule has 0 saturated heterocycles. The van der Waals surface area contributed by atoms with Gasteiger partial charge >= 0.3 is 0 Å². The van der Waals surface area contributed by atoms with Gasteiger partial charge in [0.15, 0.2) is 0 Å². The summed E-state index contributed by atoms with van der Waals surface area (Å²) in [4.78, 5) is 2.90. The van der Waals surface area contributed by atoms with Crippen molar-refractivity contribution >= 4 is 58.4 Å². The molecule has 0 bridgehead atoms. The molecule has 1 heterocycles. The monoisotopic (exact) mass is 296 g/mol. The van der Waals surface area contributed by atoms with E-state index < -0.39 is 0 Å². The lowest BCUT2D eigenvalue weighted by molar-refractivity contribution is 1.29. The van der Waals surface area contributed by atoms with Crippen molar-refractivity contribution in [2.75, 3.05) is 12.5 Å². The topological polar surface area (TPSA) is 0 Å². The van der Waals surface area contributed by atoms with Crippen LogP contribution in [0.3, 0.4) is 0 Å². The molecule has 0 nitrogen and oxygen atoms in total. The number of hydrogen-bond acceptors (Lipinski definition) is 5. The first-order chi connectivity index (χ1) is 7.17. The van der Waals surface area contributed by atoms with E-state index in [1.165, 1.54) is 9.79 Å². The van der Waals surface area contributed by atoms with E-state index in [4.69, 9.17) is 0 Å². The van der Waals surface area contributed by atoms with Crippen LogP contribution in [0.25, 0.3) is 0 Å². The molecular weight excluding hydrogens is 280 g/mol. The Morgan fingerprint density at radius 2 is 1.33 bits per heavy atom. The third-order valence-electron chi connectivity index (χ3n) is 1.84. The van der Waals surface area contributed by atoms with Crippen LogP contribution in [0.2, 0.25) is 0 Å². The summed E-state index contributed by atoms with van der Waals surface area (Å²) in [6.45, 7) is 4.53. The van der Waals surface area contributed by atoms with Crippen LogP contribution in [0.5, 0.6) is 0 Å². The molecule has 0 amide bonds. The lowest BCUT2D eigenvalue weighted by Gasteiger charge is -2.11. The highest BCUT2D eigenvalue weighted by Crippen LogP contribution is 2.41. The maximum atomic E-state index is 2.27. The highest BCUT2D eigenvalue weighted by Gasteiger charge is 2.11. The molecular formula is C10H16S5. The van der Waals surface area contributed by atoms with Crippen LogP contribution in [0.15, 0.2) is 20.6 Å². The molecule has 2 atom stereocenters. The van der Waals surface area contributed by atoms with Gasteiger partial charge in [0.05, 0.1) is 9.16 Å². The summed E-state index contributed by atoms with van der Waals surface area (Å²) in [6, 6.07) is 0. The van der Waals surface area contributed by atoms with Gasteiger partial charge in [-0.1, -0.05) is 0 Å². The average Bonchev–Trinajstić information content (AvgIpc) is 2.65. The summed E-state index contributed by atoms with van der Waals surface area (Å²) in [5.74, 6) is 0. The molecule has 86 valence electrons. The fourth-order valence-corrected chi connectivity index (χ4v) is 5.14. The smallest absolute Gasteiger partial charge is 0.0519 e. The van der Waals surface area contributed by atoms with Gasteiger partial charge in [-0.25, -0.2) is 0 Å². The van der Waals surface area contributed by atoms with E-state index in [9.17, 15) is 0 Å². The van der Waals surface area contributed by atoms with Gasteiger partial charge in [0.1, 0.15) is 0 Å². The standard InChI is InChI=1S/C10H16S5/c1-7(11-3)14-9-5-13-6-10(9)15-8(2)12-4/h5-8H,1-4H3. The summed E-state index contributed by atoms with van der Waals surface area (Å²) in [5.41, 5.74) is 0. The van der Waals surface area contributed by atoms with Gasteiger partial charge in [-0.15, -0.1) is 23.5 Å². The Hall–Kier alpha value is 1.10. The second-order valence-electron chi connectivity index (χ2n) is 2.94. The van der Waals surface area contributed by atoms with Crippen molar-refractivity contribution in [3.05, 3.63) is 10.8 Å². The van der Waals surface area contributed by atoms with Gasteiger partial charge in [0.2, 0.25) is 0 Å². The first-order valence-corrected chi connectivity index (χ1v) is 9.90. The van der Waals surface area contributed by atoms with Crippen LogP contribution in [-0.4, -0.2) is 21.7 Å². The highest BCUT2D eigenvalue weighted by atomic mass is 32.2. The second-order valence-corrected chi connectivity index (χ2v) is 9.41. The van der Waals surface area contributed by atoms with Crippen LogP contribution < -0.4 is 0 Å². The number of rotatable bonds is 6. The molecule has 0 aliphatic heterocycles. The minimum atomic E-state index is 0.642. The summed E-state index contributed by atoms with van der Waals surface area (Å²) in [6.07, 6.45) is 4.34. The largest absolute Gasteiger partial charge is 0.151 e. The van der Waals surface area contributed by atoms with Crippen molar-refractivity contribution in [1.82, 2.24) is 0 Å². The minimum absolute atomic E-state index is 0.642. The van der Waals surface area contributed by atoms with E-state index >= 15 is 0 Å². The highest BCUT2D eigenvalue weighted by molar-refractivity contribution is 8.18. The van der Waals surface area contributed by atoms with E-state index in [-0.39, 0.29) is 0 Å². The predicted octanol–water partition coefficient (Wildman–Crippen LogP) is 5.35. The van der Waals surface area contributed by atoms with Crippen molar-refractivity contribution in [3.63, 3.8) is 0 Å². The van der Waals surface area contributed by atoms with E-state index in [1.54, 1.807) is 0 Å². The summed E-state index contributed by atoms with van der Waals surface area (Å²) in [5, 5.41) is 4.54. The number of hydrogen-bond donors (Lipinski definition) is 0. The lowest BCUT2D eigenvalue weighted by atomic mass is 10.7. The van der Waals surface area contributed by atoms with Gasteiger partial charge in [-0.05, 0) is 26.4 Å². The van der Waals surface area contributed by atoms with Crippen molar-refractivity contribution in [2.45, 2.75) is 32.8 Å². The Balaban J connectivity index is 2.60. The molecule has 0 aliphatic carbocycles. The number of thiophene rings is 1. The van der Waals surface area contributed by atoms with Gasteiger partial charge in [0.25, 0.3) is 0 Å². The Bertz CT molecular complexity index is 257. The van der Waals surface area contributed by atoms with E-state index in [2.05, 4.69) is 37.1 Å². The summed E-state index contributed by atoms with van der Waals surface area (Å²) < 4.78 is 1.28. The SMILES string of the molecule is CSC(C)Sc1cscc1SC(C)SC. The molecule has 0 radical (unpaired) electrons. The molecule has 0 saturated carbocycles. The van der Waals surface area contributed by atoms with Crippen LogP contribution in [0.1, 0.15) is 13.8 Å². The summed E-state index contributed by atoms with van der Waals surface area (Å²) >= 11 is 9.58. The first kappa shape index (κ1) is 14.2. The van der Waals surface area contributed by atoms with E-state index in [0.717, 1.165) is 0 Å². The Kier molecular flexibility index (Phi) is 7.02. The third kappa shape index (κ3) is 4.86. The molecule has 15 heavy (non-hydrogen) atoms. The van der Waals surface area contributed by atoms with Crippen molar-refractivity contribution in [2.24, 2.45) is 0 Å². The second kappa shape index (κ2) is 7.43. The zero-order chi connectivity index (χ0) is 11.3. The molecule has 1 aromatic rings. The predicted molar refractivity (Wildman–Crippen MR) is 82.0 cm³/mol. The van der Waals surface area contributed by atoms with Crippen LogP contribution in [-0.2, 0) is 0 Å². The zero-order valence-electron chi connectivity index (χ0n) is 9.35. The Morgan fingerprint density at radius 3 is 1.67 bits per heavy atom. The van der Waals surface area contributed by atoms with Crippen LogP contribution >= 0.6 is 58.4 Å². The fourth-order valence-electron chi connectivity index (χ4n) is 0.899. The lowest BCUT2D eigenvalue weighted by Crippen LogP contribution is -1.89. The number of thioether (sulfide) groups is 4. The molecule has 1 rings (SSSR count). The molecule has 0 fully saturated rings. The Morgan fingerprint density at radius 1 is 0.933 bits per heavy atom. The first-order valence-electron chi connectivity index (χ1n) is 4.62.